The molecule has 2 atom stereocenters. The minimum atomic E-state index is -1.18. The molecule has 2 heterocycles. The fraction of sp³-hybridized carbons (Fsp3) is 0.250. The fourth-order valence-electron chi connectivity index (χ4n) is 2.21. The Hall–Kier alpha value is -2.59. The number of nitrogens with zero attached hydrogens (tertiary/aromatic N) is 4. The van der Waals surface area contributed by atoms with Crippen LogP contribution in [0.3, 0.4) is 0 Å². The van der Waals surface area contributed by atoms with Gasteiger partial charge in [-0.05, 0) is 19.1 Å². The van der Waals surface area contributed by atoms with Gasteiger partial charge in [0.2, 0.25) is 0 Å². The Bertz CT molecular complexity index is 888. The van der Waals surface area contributed by atoms with Gasteiger partial charge < -0.3 is 19.6 Å². The van der Waals surface area contributed by atoms with Crippen molar-refractivity contribution in [2.24, 2.45) is 0 Å². The summed E-state index contributed by atoms with van der Waals surface area (Å²) in [5.74, 6) is 1.12. The summed E-state index contributed by atoms with van der Waals surface area (Å²) in [5, 5.41) is 0. The molecule has 0 aliphatic carbocycles. The summed E-state index contributed by atoms with van der Waals surface area (Å²) in [5.41, 5.74) is 7.07. The third-order valence-corrected chi connectivity index (χ3v) is 4.18. The summed E-state index contributed by atoms with van der Waals surface area (Å²) in [6.45, 7) is 2.55. The number of anilines is 1. The molecular formula is C16H18N5O2P. The van der Waals surface area contributed by atoms with Gasteiger partial charge in [-0.3, -0.25) is 0 Å². The molecule has 8 heteroatoms. The zero-order valence-electron chi connectivity index (χ0n) is 13.2. The molecule has 24 heavy (non-hydrogen) atoms. The van der Waals surface area contributed by atoms with Crippen molar-refractivity contribution in [2.75, 3.05) is 12.1 Å². The highest BCUT2D eigenvalue weighted by Crippen LogP contribution is 2.25. The third kappa shape index (κ3) is 3.84. The molecule has 3 rings (SSSR count). The van der Waals surface area contributed by atoms with E-state index in [2.05, 4.69) is 15.0 Å². The average molecular weight is 343 g/mol. The van der Waals surface area contributed by atoms with Gasteiger partial charge in [-0.15, -0.1) is 6.13 Å². The first-order chi connectivity index (χ1) is 11.6. The van der Waals surface area contributed by atoms with E-state index in [-0.39, 0.29) is 6.10 Å². The lowest BCUT2D eigenvalue weighted by atomic mass is 10.3. The molecule has 124 valence electrons. The van der Waals surface area contributed by atoms with E-state index in [1.807, 2.05) is 41.8 Å². The smallest absolute Gasteiger partial charge is 0.165 e. The van der Waals surface area contributed by atoms with Crippen molar-refractivity contribution in [3.8, 4) is 11.9 Å². The molecule has 2 N–H and O–H groups in total. The molecule has 0 amide bonds. The van der Waals surface area contributed by atoms with Gasteiger partial charge in [-0.1, -0.05) is 18.2 Å². The summed E-state index contributed by atoms with van der Waals surface area (Å²) >= 11 is 0. The van der Waals surface area contributed by atoms with Crippen LogP contribution in [-0.4, -0.2) is 32.0 Å². The quantitative estimate of drug-likeness (QED) is 0.717. The van der Waals surface area contributed by atoms with Crippen LogP contribution in [0.5, 0.6) is 5.75 Å². The number of benzene rings is 1. The second kappa shape index (κ2) is 7.32. The molecule has 7 nitrogen and oxygen atoms in total. The van der Waals surface area contributed by atoms with Gasteiger partial charge in [0.1, 0.15) is 31.5 Å². The Morgan fingerprint density at radius 1 is 1.25 bits per heavy atom. The number of rotatable bonds is 5. The lowest BCUT2D eigenvalue weighted by molar-refractivity contribution is 0.0879. The maximum atomic E-state index is 6.00. The highest BCUT2D eigenvalue weighted by Gasteiger charge is 2.11. The van der Waals surface area contributed by atoms with Crippen LogP contribution in [0.15, 0.2) is 43.0 Å². The SMILES string of the molecule is C#P(CO[C@H](C)Cn1cnc2c(N)ncnc21)Oc1ccccc1. The van der Waals surface area contributed by atoms with E-state index >= 15 is 0 Å². The molecular weight excluding hydrogens is 325 g/mol. The van der Waals surface area contributed by atoms with Crippen LogP contribution in [-0.2, 0) is 11.3 Å². The van der Waals surface area contributed by atoms with Crippen LogP contribution in [0.25, 0.3) is 11.2 Å². The second-order valence-corrected chi connectivity index (χ2v) is 6.53. The van der Waals surface area contributed by atoms with Crippen molar-refractivity contribution in [3.05, 3.63) is 43.0 Å². The molecule has 3 aromatic rings. The van der Waals surface area contributed by atoms with Crippen LogP contribution in [0, 0.1) is 6.13 Å². The Kier molecular flexibility index (Phi) is 4.96. The summed E-state index contributed by atoms with van der Waals surface area (Å²) < 4.78 is 13.3. The van der Waals surface area contributed by atoms with Gasteiger partial charge in [-0.2, -0.15) is 0 Å². The number of ether oxygens (including phenoxy) is 1. The lowest BCUT2D eigenvalue weighted by Crippen LogP contribution is -2.16. The molecule has 0 saturated carbocycles. The highest BCUT2D eigenvalue weighted by atomic mass is 31.1. The van der Waals surface area contributed by atoms with Gasteiger partial charge in [0.25, 0.3) is 0 Å². The molecule has 0 saturated heterocycles. The van der Waals surface area contributed by atoms with Gasteiger partial charge >= 0.3 is 0 Å². The van der Waals surface area contributed by atoms with Crippen LogP contribution in [0.4, 0.5) is 5.82 Å². The van der Waals surface area contributed by atoms with Gasteiger partial charge in [0.05, 0.1) is 19.0 Å². The largest absolute Gasteiger partial charge is 0.441 e. The average Bonchev–Trinajstić information content (AvgIpc) is 2.98. The number of para-hydroxylation sites is 1. The van der Waals surface area contributed by atoms with Gasteiger partial charge in [0, 0.05) is 0 Å². The predicted molar refractivity (Wildman–Crippen MR) is 94.1 cm³/mol. The first-order valence-electron chi connectivity index (χ1n) is 7.41. The Balaban J connectivity index is 1.55. The maximum absolute atomic E-state index is 6.00. The monoisotopic (exact) mass is 343 g/mol. The first kappa shape index (κ1) is 16.3. The Morgan fingerprint density at radius 3 is 2.83 bits per heavy atom. The maximum Gasteiger partial charge on any atom is 0.165 e. The number of nitrogens with two attached hydrogens (primary N) is 1. The minimum Gasteiger partial charge on any atom is -0.441 e. The number of fused-ring (bicyclic) bond motifs is 1. The van der Waals surface area contributed by atoms with Crippen molar-refractivity contribution < 1.29 is 9.26 Å². The molecule has 1 unspecified atom stereocenters. The van der Waals surface area contributed by atoms with Gasteiger partial charge in [-0.25, -0.2) is 15.0 Å². The molecule has 0 aliphatic rings. The minimum absolute atomic E-state index is 0.0773. The molecule has 0 aliphatic heterocycles. The number of aromatic nitrogens is 4. The lowest BCUT2D eigenvalue weighted by Gasteiger charge is -2.14. The fourth-order valence-corrected chi connectivity index (χ4v) is 3.05. The van der Waals surface area contributed by atoms with Crippen molar-refractivity contribution >= 4 is 24.6 Å². The number of nitrogen functional groups attached to an aromatic ring is 1. The van der Waals surface area contributed by atoms with E-state index < -0.39 is 7.60 Å². The zero-order valence-corrected chi connectivity index (χ0v) is 14.1. The zero-order chi connectivity index (χ0) is 16.9. The molecule has 1 aromatic carbocycles. The summed E-state index contributed by atoms with van der Waals surface area (Å²) in [4.78, 5) is 12.4. The summed E-state index contributed by atoms with van der Waals surface area (Å²) in [6.07, 6.45) is 9.37. The number of hydrogen-bond donors (Lipinski definition) is 1. The van der Waals surface area contributed by atoms with E-state index in [1.165, 1.54) is 6.33 Å². The molecule has 2 aromatic heterocycles. The molecule has 0 bridgehead atoms. The molecule has 0 fully saturated rings. The normalized spacial score (nSPS) is 12.9. The Morgan fingerprint density at radius 2 is 2.04 bits per heavy atom. The molecule has 0 radical (unpaired) electrons. The topological polar surface area (TPSA) is 88.1 Å². The number of imidazole rings is 1. The summed E-state index contributed by atoms with van der Waals surface area (Å²) in [7, 11) is -1.18. The van der Waals surface area contributed by atoms with Crippen molar-refractivity contribution in [2.45, 2.75) is 19.6 Å². The van der Waals surface area contributed by atoms with Crippen LogP contribution < -0.4 is 10.3 Å². The van der Waals surface area contributed by atoms with Gasteiger partial charge in [0.15, 0.2) is 11.5 Å². The van der Waals surface area contributed by atoms with Crippen LogP contribution in [0.1, 0.15) is 6.92 Å². The molecule has 0 spiro atoms. The van der Waals surface area contributed by atoms with Crippen LogP contribution >= 0.6 is 7.60 Å². The second-order valence-electron chi connectivity index (χ2n) is 5.26. The van der Waals surface area contributed by atoms with E-state index in [4.69, 9.17) is 21.1 Å². The summed E-state index contributed by atoms with van der Waals surface area (Å²) in [6, 6.07) is 9.47. The highest BCUT2D eigenvalue weighted by molar-refractivity contribution is 7.41. The van der Waals surface area contributed by atoms with E-state index in [1.54, 1.807) is 6.33 Å². The van der Waals surface area contributed by atoms with E-state index in [9.17, 15) is 0 Å². The Labute approximate surface area is 140 Å². The van der Waals surface area contributed by atoms with E-state index in [0.29, 0.717) is 29.9 Å². The van der Waals surface area contributed by atoms with Crippen LogP contribution in [0.2, 0.25) is 0 Å². The first-order valence-corrected chi connectivity index (χ1v) is 8.93. The van der Waals surface area contributed by atoms with E-state index in [0.717, 1.165) is 5.75 Å². The predicted octanol–water partition coefficient (Wildman–Crippen LogP) is 2.84. The van der Waals surface area contributed by atoms with Crippen molar-refractivity contribution in [1.82, 2.24) is 19.5 Å². The number of hydrogen-bond acceptors (Lipinski definition) is 6. The standard InChI is InChI=1S/C16H18N5O2P/c1-12(22-11-24(2)23-13-6-4-3-5-7-13)8-21-10-20-14-15(17)18-9-19-16(14)21/h2-7,9-10,12H,8,11H2,1H3,(H2,17,18,19)/t12-/m1/s1. The van der Waals surface area contributed by atoms with Crippen molar-refractivity contribution in [1.29, 1.82) is 0 Å². The van der Waals surface area contributed by atoms with Crippen molar-refractivity contribution in [3.63, 3.8) is 0 Å². The third-order valence-electron chi connectivity index (χ3n) is 3.34.